The summed E-state index contributed by atoms with van der Waals surface area (Å²) < 4.78 is 103. The lowest BCUT2D eigenvalue weighted by molar-refractivity contribution is -0.0435. The Bertz CT molecular complexity index is 1990. The van der Waals surface area contributed by atoms with Crippen molar-refractivity contribution >= 4 is 48.9 Å². The Labute approximate surface area is 332 Å². The number of thioether (sulfide) groups is 1. The number of ether oxygens (including phenoxy) is 1. The third kappa shape index (κ3) is 12.0. The number of piperazine rings is 1. The van der Waals surface area contributed by atoms with Crippen LogP contribution in [-0.2, 0) is 24.6 Å². The maximum Gasteiger partial charge on any atom is 0.501 e. The highest BCUT2D eigenvalue weighted by Crippen LogP contribution is 2.37. The fraction of sp³-hybridized carbons (Fsp3) is 0.462. The van der Waals surface area contributed by atoms with Crippen molar-refractivity contribution in [1.29, 1.82) is 0 Å². The van der Waals surface area contributed by atoms with Gasteiger partial charge in [-0.2, -0.15) is 13.2 Å². The molecular formula is C39H50F3N5O6S3. The molecule has 2 fully saturated rings. The topological polar surface area (TPSA) is 128 Å². The second kappa shape index (κ2) is 19.7. The summed E-state index contributed by atoms with van der Waals surface area (Å²) >= 11 is 1.45. The first-order valence-corrected chi connectivity index (χ1v) is 22.6. The number of anilines is 2. The molecule has 1 amide bonds. The molecule has 17 heteroatoms. The van der Waals surface area contributed by atoms with Crippen LogP contribution in [0.3, 0.4) is 0 Å². The number of benzene rings is 3. The molecule has 306 valence electrons. The van der Waals surface area contributed by atoms with Crippen molar-refractivity contribution < 1.29 is 39.5 Å². The number of halogens is 3. The molecular weight excluding hydrogens is 788 g/mol. The molecule has 0 aliphatic carbocycles. The van der Waals surface area contributed by atoms with E-state index in [9.17, 15) is 34.8 Å². The number of rotatable bonds is 17. The number of nitrogens with zero attached hydrogens (tertiary/aromatic N) is 3. The second-order valence-corrected chi connectivity index (χ2v) is 18.6. The molecule has 5 rings (SSSR count). The van der Waals surface area contributed by atoms with Crippen molar-refractivity contribution in [1.82, 2.24) is 14.5 Å². The molecule has 2 aliphatic heterocycles. The van der Waals surface area contributed by atoms with Crippen LogP contribution in [-0.4, -0.2) is 115 Å². The summed E-state index contributed by atoms with van der Waals surface area (Å²) in [5, 5.41) is 2.99. The van der Waals surface area contributed by atoms with Gasteiger partial charge in [0.1, 0.15) is 4.90 Å². The number of alkyl halides is 3. The van der Waals surface area contributed by atoms with Crippen LogP contribution in [0.2, 0.25) is 0 Å². The van der Waals surface area contributed by atoms with Gasteiger partial charge in [0.15, 0.2) is 0 Å². The molecule has 3 aromatic carbocycles. The minimum Gasteiger partial charge on any atom is -0.380 e. The van der Waals surface area contributed by atoms with Crippen molar-refractivity contribution in [3.63, 3.8) is 0 Å². The molecule has 2 N–H and O–H groups in total. The van der Waals surface area contributed by atoms with Crippen LogP contribution in [0, 0.1) is 0 Å². The molecule has 0 radical (unpaired) electrons. The quantitative estimate of drug-likeness (QED) is 0.118. The van der Waals surface area contributed by atoms with E-state index in [1.165, 1.54) is 29.5 Å². The molecule has 1 atom stereocenters. The summed E-state index contributed by atoms with van der Waals surface area (Å²) in [6.07, 6.45) is 3.32. The predicted octanol–water partition coefficient (Wildman–Crippen LogP) is 6.26. The van der Waals surface area contributed by atoms with Crippen molar-refractivity contribution in [3.8, 4) is 0 Å². The van der Waals surface area contributed by atoms with Gasteiger partial charge in [0.05, 0.1) is 17.2 Å². The van der Waals surface area contributed by atoms with Gasteiger partial charge in [-0.3, -0.25) is 9.69 Å². The minimum absolute atomic E-state index is 0.00276. The van der Waals surface area contributed by atoms with E-state index in [0.717, 1.165) is 81.2 Å². The lowest BCUT2D eigenvalue weighted by Crippen LogP contribution is -2.46. The predicted molar refractivity (Wildman–Crippen MR) is 215 cm³/mol. The largest absolute Gasteiger partial charge is 0.501 e. The van der Waals surface area contributed by atoms with E-state index in [1.54, 1.807) is 12.1 Å². The van der Waals surface area contributed by atoms with Crippen LogP contribution in [0.15, 0.2) is 99.6 Å². The molecule has 2 aliphatic rings. The second-order valence-electron chi connectivity index (χ2n) is 13.9. The Morgan fingerprint density at radius 3 is 2.30 bits per heavy atom. The molecule has 2 heterocycles. The van der Waals surface area contributed by atoms with E-state index in [0.29, 0.717) is 44.5 Å². The van der Waals surface area contributed by atoms with Gasteiger partial charge in [-0.25, -0.2) is 21.6 Å². The van der Waals surface area contributed by atoms with Crippen molar-refractivity contribution in [3.05, 3.63) is 90.5 Å². The maximum atomic E-state index is 14.1. The van der Waals surface area contributed by atoms with Gasteiger partial charge in [-0.15, -0.1) is 11.8 Å². The summed E-state index contributed by atoms with van der Waals surface area (Å²) in [5.41, 5.74) is -4.07. The first-order chi connectivity index (χ1) is 26.7. The van der Waals surface area contributed by atoms with Gasteiger partial charge in [0, 0.05) is 86.9 Å². The van der Waals surface area contributed by atoms with E-state index in [1.807, 2.05) is 35.1 Å². The molecule has 3 aromatic rings. The highest BCUT2D eigenvalue weighted by molar-refractivity contribution is 7.99. The van der Waals surface area contributed by atoms with Crippen LogP contribution in [0.25, 0.3) is 0 Å². The summed E-state index contributed by atoms with van der Waals surface area (Å²) in [7, 11) is -10.8. The zero-order chi connectivity index (χ0) is 40.3. The van der Waals surface area contributed by atoms with Crippen LogP contribution in [0.4, 0.5) is 24.5 Å². The summed E-state index contributed by atoms with van der Waals surface area (Å²) in [4.78, 5) is 18.7. The fourth-order valence-electron chi connectivity index (χ4n) is 6.60. The first-order valence-electron chi connectivity index (χ1n) is 18.7. The van der Waals surface area contributed by atoms with Gasteiger partial charge in [0.2, 0.25) is 0 Å². The number of sulfone groups is 1. The minimum atomic E-state index is -6.04. The number of hydrogen-bond donors (Lipinski definition) is 2. The Morgan fingerprint density at radius 2 is 1.62 bits per heavy atom. The third-order valence-electron chi connectivity index (χ3n) is 9.67. The Morgan fingerprint density at radius 1 is 0.911 bits per heavy atom. The average molecular weight is 838 g/mol. The number of hydrogen-bond acceptors (Lipinski definition) is 11. The van der Waals surface area contributed by atoms with Crippen LogP contribution in [0.5, 0.6) is 0 Å². The highest BCUT2D eigenvalue weighted by Gasteiger charge is 2.48. The molecule has 2 saturated heterocycles. The zero-order valence-electron chi connectivity index (χ0n) is 31.5. The molecule has 0 unspecified atom stereocenters. The van der Waals surface area contributed by atoms with Gasteiger partial charge in [-0.1, -0.05) is 43.7 Å². The van der Waals surface area contributed by atoms with Gasteiger partial charge >= 0.3 is 5.51 Å². The smallest absolute Gasteiger partial charge is 0.380 e. The monoisotopic (exact) mass is 837 g/mol. The number of amides is 1. The third-order valence-corrected chi connectivity index (χ3v) is 13.7. The van der Waals surface area contributed by atoms with Crippen LogP contribution in [0.1, 0.15) is 43.0 Å². The molecule has 56 heavy (non-hydrogen) atoms. The Balaban J connectivity index is 1.32. The molecule has 0 spiro atoms. The highest BCUT2D eigenvalue weighted by atomic mass is 32.2. The summed E-state index contributed by atoms with van der Waals surface area (Å²) in [5.74, 6) is -0.643. The van der Waals surface area contributed by atoms with Gasteiger partial charge in [-0.05, 0) is 73.9 Å². The maximum absolute atomic E-state index is 14.1. The summed E-state index contributed by atoms with van der Waals surface area (Å²) in [6.45, 7) is 13.5. The van der Waals surface area contributed by atoms with Crippen LogP contribution >= 0.6 is 11.8 Å². The number of sulfonamides is 1. The lowest BCUT2D eigenvalue weighted by atomic mass is 10.1. The van der Waals surface area contributed by atoms with Gasteiger partial charge in [0.25, 0.3) is 25.8 Å². The number of nitrogens with one attached hydrogen (secondary N) is 2. The van der Waals surface area contributed by atoms with Gasteiger partial charge < -0.3 is 19.9 Å². The molecule has 0 bridgehead atoms. The zero-order valence-corrected chi connectivity index (χ0v) is 33.9. The van der Waals surface area contributed by atoms with E-state index >= 15 is 0 Å². The molecule has 0 saturated carbocycles. The van der Waals surface area contributed by atoms with Crippen molar-refractivity contribution in [2.75, 3.05) is 81.5 Å². The van der Waals surface area contributed by atoms with Crippen LogP contribution < -0.4 is 14.9 Å². The molecule has 11 nitrogen and oxygen atoms in total. The number of carbonyl (C=O) groups excluding carboxylic acids is 1. The Hall–Kier alpha value is -3.61. The average Bonchev–Trinajstić information content (AvgIpc) is 3.45. The van der Waals surface area contributed by atoms with E-state index in [-0.39, 0.29) is 5.56 Å². The SMILES string of the molecule is C=C(CCC)CN1CCN(c2ccc(C(=O)NS(=O)(=O)c3ccc(N[C@H](CCN4CCCOCC4)CSc4ccccc4)c(S(=O)(=O)C(F)(F)F)c3)cc2)CC1. The van der Waals surface area contributed by atoms with E-state index in [2.05, 4.69) is 33.5 Å². The molecule has 0 aromatic heterocycles. The first kappa shape index (κ1) is 43.5. The van der Waals surface area contributed by atoms with E-state index in [4.69, 9.17) is 4.74 Å². The van der Waals surface area contributed by atoms with E-state index < -0.39 is 52.8 Å². The van der Waals surface area contributed by atoms with Crippen molar-refractivity contribution in [2.45, 2.75) is 58.8 Å². The normalized spacial score (nSPS) is 16.9. The lowest BCUT2D eigenvalue weighted by Gasteiger charge is -2.36. The standard InChI is InChI=1S/C39H50F3N5O6S3/c1-3-8-30(2)28-46-20-22-47(23-21-46)33-13-11-31(12-14-33)38(48)44-56(51,52)35-15-16-36(37(27-35)55(49,50)39(40,41)42)43-32(29-54-34-9-5-4-6-10-34)17-19-45-18-7-25-53-26-24-45/h4-6,9-16,27,32,43H,2-3,7-8,17-26,28-29H2,1H3,(H,44,48)/t32-/m1/s1. The van der Waals surface area contributed by atoms with Crippen molar-refractivity contribution in [2.24, 2.45) is 0 Å². The fourth-order valence-corrected chi connectivity index (χ4v) is 9.62. The summed E-state index contributed by atoms with van der Waals surface area (Å²) in [6, 6.07) is 17.6. The Kier molecular flexibility index (Phi) is 15.3. The number of carbonyl (C=O) groups is 1.